The summed E-state index contributed by atoms with van der Waals surface area (Å²) in [6.45, 7) is 1.84. The van der Waals surface area contributed by atoms with Crippen LogP contribution in [0.3, 0.4) is 0 Å². The Balaban J connectivity index is 1.83. The van der Waals surface area contributed by atoms with Crippen molar-refractivity contribution in [3.05, 3.63) is 77.9 Å². The molecule has 136 valence electrons. The van der Waals surface area contributed by atoms with Crippen LogP contribution in [0.15, 0.2) is 66.7 Å². The first-order valence-corrected chi connectivity index (χ1v) is 8.37. The van der Waals surface area contributed by atoms with E-state index >= 15 is 0 Å². The summed E-state index contributed by atoms with van der Waals surface area (Å²) in [6, 6.07) is 18.0. The van der Waals surface area contributed by atoms with Gasteiger partial charge in [-0.1, -0.05) is 30.3 Å². The number of carboxylic acids is 1. The van der Waals surface area contributed by atoms with Gasteiger partial charge in [-0.3, -0.25) is 4.79 Å². The minimum Gasteiger partial charge on any atom is -0.497 e. The summed E-state index contributed by atoms with van der Waals surface area (Å²) in [6.07, 6.45) is 1.46. The highest BCUT2D eigenvalue weighted by Crippen LogP contribution is 2.25. The normalized spacial score (nSPS) is 11.3. The number of allylic oxidation sites excluding steroid dienone is 1. The molecule has 3 aromatic carbocycles. The third-order valence-electron chi connectivity index (χ3n) is 4.27. The lowest BCUT2D eigenvalue weighted by molar-refractivity contribution is -0.111. The van der Waals surface area contributed by atoms with Crippen LogP contribution in [0, 0.1) is 0 Å². The molecule has 5 nitrogen and oxygen atoms in total. The molecule has 0 saturated heterocycles. The second-order valence-electron chi connectivity index (χ2n) is 6.10. The van der Waals surface area contributed by atoms with Crippen LogP contribution in [-0.2, 0) is 4.79 Å². The third kappa shape index (κ3) is 4.15. The maximum absolute atomic E-state index is 12.3. The van der Waals surface area contributed by atoms with Crippen LogP contribution in [0.2, 0.25) is 0 Å². The van der Waals surface area contributed by atoms with Crippen molar-refractivity contribution in [3.63, 3.8) is 0 Å². The average Bonchev–Trinajstić information content (AvgIpc) is 2.67. The molecule has 0 aliphatic rings. The van der Waals surface area contributed by atoms with Gasteiger partial charge in [0.1, 0.15) is 5.75 Å². The molecule has 0 bridgehead atoms. The number of fused-ring (bicyclic) bond motifs is 1. The van der Waals surface area contributed by atoms with Crippen LogP contribution < -0.4 is 10.1 Å². The van der Waals surface area contributed by atoms with Crippen LogP contribution in [0.1, 0.15) is 22.8 Å². The highest BCUT2D eigenvalue weighted by Gasteiger charge is 2.11. The smallest absolute Gasteiger partial charge is 0.337 e. The highest BCUT2D eigenvalue weighted by molar-refractivity contribution is 6.07. The lowest BCUT2D eigenvalue weighted by Crippen LogP contribution is -2.12. The molecule has 0 heterocycles. The lowest BCUT2D eigenvalue weighted by Gasteiger charge is -2.08. The zero-order chi connectivity index (χ0) is 19.4. The quantitative estimate of drug-likeness (QED) is 0.652. The second kappa shape index (κ2) is 7.74. The first-order valence-electron chi connectivity index (χ1n) is 8.37. The van der Waals surface area contributed by atoms with Crippen molar-refractivity contribution in [1.82, 2.24) is 0 Å². The van der Waals surface area contributed by atoms with Crippen molar-refractivity contribution in [2.45, 2.75) is 6.92 Å². The minimum atomic E-state index is -1.09. The van der Waals surface area contributed by atoms with Gasteiger partial charge in [-0.15, -0.1) is 0 Å². The second-order valence-corrected chi connectivity index (χ2v) is 6.10. The maximum Gasteiger partial charge on any atom is 0.337 e. The van der Waals surface area contributed by atoms with E-state index in [0.717, 1.165) is 27.7 Å². The van der Waals surface area contributed by atoms with Crippen molar-refractivity contribution < 1.29 is 19.4 Å². The van der Waals surface area contributed by atoms with E-state index < -0.39 is 5.97 Å². The van der Waals surface area contributed by atoms with Crippen LogP contribution >= 0.6 is 0 Å². The van der Waals surface area contributed by atoms with Gasteiger partial charge in [-0.25, -0.2) is 4.79 Å². The average molecular weight is 361 g/mol. The number of aromatic carboxylic acids is 1. The van der Waals surface area contributed by atoms with E-state index in [9.17, 15) is 14.7 Å². The Hall–Kier alpha value is -3.60. The van der Waals surface area contributed by atoms with Crippen molar-refractivity contribution in [1.29, 1.82) is 0 Å². The molecule has 0 saturated carbocycles. The summed E-state index contributed by atoms with van der Waals surface area (Å²) in [5, 5.41) is 13.9. The molecule has 27 heavy (non-hydrogen) atoms. The zero-order valence-electron chi connectivity index (χ0n) is 15.0. The van der Waals surface area contributed by atoms with E-state index in [1.54, 1.807) is 25.3 Å². The monoisotopic (exact) mass is 361 g/mol. The maximum atomic E-state index is 12.3. The van der Waals surface area contributed by atoms with Gasteiger partial charge >= 0.3 is 5.97 Å². The van der Waals surface area contributed by atoms with Crippen LogP contribution in [0.4, 0.5) is 5.69 Å². The van der Waals surface area contributed by atoms with Gasteiger partial charge < -0.3 is 15.2 Å². The summed E-state index contributed by atoms with van der Waals surface area (Å²) >= 11 is 0. The fourth-order valence-electron chi connectivity index (χ4n) is 2.82. The largest absolute Gasteiger partial charge is 0.497 e. The van der Waals surface area contributed by atoms with Gasteiger partial charge in [0.2, 0.25) is 5.91 Å². The number of nitrogens with one attached hydrogen (secondary N) is 1. The van der Waals surface area contributed by atoms with Crippen LogP contribution in [0.5, 0.6) is 5.75 Å². The topological polar surface area (TPSA) is 75.6 Å². The SMILES string of the molecule is COc1ccc2cc(/C(C)=C/C(=O)Nc3ccccc3C(=O)O)ccc2c1. The number of hydrogen-bond acceptors (Lipinski definition) is 3. The van der Waals surface area contributed by atoms with Crippen molar-refractivity contribution in [2.75, 3.05) is 12.4 Å². The van der Waals surface area contributed by atoms with E-state index in [-0.39, 0.29) is 17.2 Å². The summed E-state index contributed by atoms with van der Waals surface area (Å²) < 4.78 is 5.23. The summed E-state index contributed by atoms with van der Waals surface area (Å²) in [4.78, 5) is 23.6. The number of carboxylic acid groups (broad SMARTS) is 1. The van der Waals surface area contributed by atoms with Crippen molar-refractivity contribution in [3.8, 4) is 5.75 Å². The number of rotatable bonds is 5. The number of methoxy groups -OCH3 is 1. The molecule has 2 N–H and O–H groups in total. The molecule has 0 spiro atoms. The number of benzene rings is 3. The molecular formula is C22H19NO4. The first kappa shape index (κ1) is 18.2. The standard InChI is InChI=1S/C22H19NO4/c1-14(11-21(24)23-20-6-4-3-5-19(20)22(25)26)15-7-8-17-13-18(27-2)10-9-16(17)12-15/h3-13H,1-2H3,(H,23,24)(H,25,26)/b14-11+. The lowest BCUT2D eigenvalue weighted by atomic mass is 10.0. The van der Waals surface area contributed by atoms with E-state index in [1.165, 1.54) is 12.1 Å². The zero-order valence-corrected chi connectivity index (χ0v) is 15.0. The molecule has 5 heteroatoms. The highest BCUT2D eigenvalue weighted by atomic mass is 16.5. The molecule has 0 radical (unpaired) electrons. The molecule has 1 amide bonds. The Morgan fingerprint density at radius 1 is 1.00 bits per heavy atom. The molecule has 3 rings (SSSR count). The van der Waals surface area contributed by atoms with E-state index in [1.807, 2.05) is 43.3 Å². The molecule has 0 aliphatic heterocycles. The molecule has 3 aromatic rings. The van der Waals surface area contributed by atoms with Gasteiger partial charge in [0.05, 0.1) is 18.4 Å². The number of ether oxygens (including phenoxy) is 1. The number of carbonyl (C=O) groups excluding carboxylic acids is 1. The molecule has 0 aromatic heterocycles. The number of carbonyl (C=O) groups is 2. The Morgan fingerprint density at radius 2 is 1.70 bits per heavy atom. The molecule has 0 fully saturated rings. The van der Waals surface area contributed by atoms with Gasteiger partial charge in [-0.2, -0.15) is 0 Å². The first-order chi connectivity index (χ1) is 13.0. The number of amides is 1. The van der Waals surface area contributed by atoms with Crippen molar-refractivity contribution >= 4 is 33.9 Å². The fourth-order valence-corrected chi connectivity index (χ4v) is 2.82. The summed E-state index contributed by atoms with van der Waals surface area (Å²) in [5.41, 5.74) is 2.01. The number of anilines is 1. The van der Waals surface area contributed by atoms with Crippen LogP contribution in [0.25, 0.3) is 16.3 Å². The van der Waals surface area contributed by atoms with E-state index in [2.05, 4.69) is 5.32 Å². The van der Waals surface area contributed by atoms with Crippen molar-refractivity contribution in [2.24, 2.45) is 0 Å². The molecule has 0 aliphatic carbocycles. The number of hydrogen-bond donors (Lipinski definition) is 2. The van der Waals surface area contributed by atoms with Crippen LogP contribution in [-0.4, -0.2) is 24.1 Å². The van der Waals surface area contributed by atoms with Gasteiger partial charge in [-0.05, 0) is 59.2 Å². The number of para-hydroxylation sites is 1. The fraction of sp³-hybridized carbons (Fsp3) is 0.0909. The minimum absolute atomic E-state index is 0.0524. The Bertz CT molecular complexity index is 1050. The third-order valence-corrected chi connectivity index (χ3v) is 4.27. The predicted molar refractivity (Wildman–Crippen MR) is 106 cm³/mol. The van der Waals surface area contributed by atoms with Gasteiger partial charge in [0.25, 0.3) is 0 Å². The Kier molecular flexibility index (Phi) is 5.22. The molecule has 0 unspecified atom stereocenters. The van der Waals surface area contributed by atoms with E-state index in [0.29, 0.717) is 0 Å². The van der Waals surface area contributed by atoms with E-state index in [4.69, 9.17) is 4.74 Å². The predicted octanol–water partition coefficient (Wildman–Crippen LogP) is 4.59. The van der Waals surface area contributed by atoms with Gasteiger partial charge in [0.15, 0.2) is 0 Å². The molecular weight excluding hydrogens is 342 g/mol. The summed E-state index contributed by atoms with van der Waals surface area (Å²) in [7, 11) is 1.63. The molecule has 0 atom stereocenters. The Labute approximate surface area is 156 Å². The van der Waals surface area contributed by atoms with Gasteiger partial charge in [0, 0.05) is 6.08 Å². The Morgan fingerprint density at radius 3 is 2.44 bits per heavy atom. The summed E-state index contributed by atoms with van der Waals surface area (Å²) in [5.74, 6) is -0.674.